The van der Waals surface area contributed by atoms with Crippen LogP contribution in [0.4, 0.5) is 4.39 Å². The molecular weight excluding hydrogens is 626 g/mol. The van der Waals surface area contributed by atoms with Crippen molar-refractivity contribution in [2.45, 2.75) is 0 Å². The highest BCUT2D eigenvalue weighted by atomic mass is 19.1. The number of pyridine rings is 1. The van der Waals surface area contributed by atoms with Crippen LogP contribution in [0, 0.1) is 5.82 Å². The molecule has 3 nitrogen and oxygen atoms in total. The lowest BCUT2D eigenvalue weighted by Gasteiger charge is -2.10. The van der Waals surface area contributed by atoms with Gasteiger partial charge in [0.05, 0.1) is 27.8 Å². The zero-order chi connectivity index (χ0) is 33.9. The molecule has 0 aliphatic carbocycles. The van der Waals surface area contributed by atoms with Gasteiger partial charge in [-0.05, 0) is 107 Å². The minimum atomic E-state index is -0.257. The molecule has 0 bridgehead atoms. The van der Waals surface area contributed by atoms with Crippen molar-refractivity contribution >= 4 is 43.6 Å². The van der Waals surface area contributed by atoms with Gasteiger partial charge in [0.25, 0.3) is 0 Å². The number of benzene rings is 7. The number of hydrogen-bond donors (Lipinski definition) is 0. The molecule has 0 amide bonds. The summed E-state index contributed by atoms with van der Waals surface area (Å²) in [5.74, 6) is 0.566. The fraction of sp³-hybridized carbons (Fsp3) is 0. The first kappa shape index (κ1) is 29.2. The molecule has 0 radical (unpaired) electrons. The molecule has 10 aromatic rings. The van der Waals surface area contributed by atoms with E-state index in [0.717, 1.165) is 44.9 Å². The van der Waals surface area contributed by atoms with E-state index in [0.29, 0.717) is 0 Å². The van der Waals surface area contributed by atoms with E-state index in [2.05, 4.69) is 149 Å². The number of para-hydroxylation sites is 3. The number of aromatic nitrogens is 3. The van der Waals surface area contributed by atoms with E-state index in [1.807, 2.05) is 18.2 Å². The summed E-state index contributed by atoms with van der Waals surface area (Å²) in [5.41, 5.74) is 12.1. The van der Waals surface area contributed by atoms with Crippen LogP contribution in [0.5, 0.6) is 0 Å². The van der Waals surface area contributed by atoms with E-state index >= 15 is 0 Å². The third-order valence-corrected chi connectivity index (χ3v) is 10.0. The lowest BCUT2D eigenvalue weighted by Crippen LogP contribution is -1.98. The molecule has 0 atom stereocenters. The van der Waals surface area contributed by atoms with Gasteiger partial charge in [-0.15, -0.1) is 0 Å². The molecule has 0 saturated carbocycles. The van der Waals surface area contributed by atoms with Crippen LogP contribution in [0.15, 0.2) is 182 Å². The minimum absolute atomic E-state index is 0.257. The molecule has 0 N–H and O–H groups in total. The van der Waals surface area contributed by atoms with Gasteiger partial charge in [-0.25, -0.2) is 9.37 Å². The Hall–Kier alpha value is -6.78. The van der Waals surface area contributed by atoms with Gasteiger partial charge in [-0.2, -0.15) is 0 Å². The first-order valence-corrected chi connectivity index (χ1v) is 17.2. The first-order valence-electron chi connectivity index (χ1n) is 17.2. The molecular formula is C47H30FN3. The Morgan fingerprint density at radius 2 is 0.843 bits per heavy atom. The third kappa shape index (κ3) is 4.84. The van der Waals surface area contributed by atoms with Crippen LogP contribution in [0.25, 0.3) is 88.6 Å². The molecule has 240 valence electrons. The monoisotopic (exact) mass is 655 g/mol. The van der Waals surface area contributed by atoms with Crippen LogP contribution >= 0.6 is 0 Å². The molecule has 0 aliphatic heterocycles. The van der Waals surface area contributed by atoms with Crippen LogP contribution in [0.1, 0.15) is 0 Å². The molecule has 10 rings (SSSR count). The molecule has 0 aliphatic rings. The van der Waals surface area contributed by atoms with Crippen molar-refractivity contribution in [2.75, 3.05) is 0 Å². The largest absolute Gasteiger partial charge is 0.309 e. The lowest BCUT2D eigenvalue weighted by atomic mass is 9.98. The Bertz CT molecular complexity index is 2900. The summed E-state index contributed by atoms with van der Waals surface area (Å²) >= 11 is 0. The maximum Gasteiger partial charge on any atom is 0.138 e. The number of hydrogen-bond acceptors (Lipinski definition) is 1. The average Bonchev–Trinajstić information content (AvgIpc) is 3.71. The summed E-state index contributed by atoms with van der Waals surface area (Å²) in [7, 11) is 0. The summed E-state index contributed by atoms with van der Waals surface area (Å²) in [5, 5.41) is 4.83. The molecule has 0 spiro atoms. The standard InChI is InChI=1S/C47H30FN3/c48-36-25-21-33(22-26-36)42-13-8-16-47(49-42)51-44-15-7-5-12-39(44)41-30-35(24-28-46(41)51)32-19-17-31(18-20-32)34-23-27-45-40(29-34)38-11-4-6-14-43(38)50(45)37-9-2-1-3-10-37/h1-30H. The SMILES string of the molecule is Fc1ccc(-c2cccc(-n3c4ccccc4c4cc(-c5ccc(-c6ccc7c(c6)c6ccccc6n7-c6ccccc6)cc5)ccc43)n2)cc1. The Balaban J connectivity index is 1.03. The van der Waals surface area contributed by atoms with Gasteiger partial charge in [0, 0.05) is 32.8 Å². The molecule has 0 unspecified atom stereocenters. The Kier molecular flexibility index (Phi) is 6.68. The highest BCUT2D eigenvalue weighted by Crippen LogP contribution is 2.37. The maximum atomic E-state index is 13.6. The Morgan fingerprint density at radius 1 is 0.353 bits per heavy atom. The predicted octanol–water partition coefficient (Wildman–Crippen LogP) is 12.4. The van der Waals surface area contributed by atoms with Gasteiger partial charge in [0.1, 0.15) is 11.6 Å². The number of rotatable bonds is 5. The fourth-order valence-corrected chi connectivity index (χ4v) is 7.59. The summed E-state index contributed by atoms with van der Waals surface area (Å²) in [6.07, 6.45) is 0. The van der Waals surface area contributed by atoms with E-state index in [9.17, 15) is 4.39 Å². The average molecular weight is 656 g/mol. The van der Waals surface area contributed by atoms with Crippen LogP contribution in [-0.2, 0) is 0 Å². The third-order valence-electron chi connectivity index (χ3n) is 10.0. The van der Waals surface area contributed by atoms with Crippen LogP contribution in [0.3, 0.4) is 0 Å². The quantitative estimate of drug-likeness (QED) is 0.181. The molecule has 0 fully saturated rings. The van der Waals surface area contributed by atoms with Crippen molar-refractivity contribution in [1.29, 1.82) is 0 Å². The topological polar surface area (TPSA) is 22.8 Å². The second-order valence-electron chi connectivity index (χ2n) is 13.0. The number of fused-ring (bicyclic) bond motifs is 6. The van der Waals surface area contributed by atoms with Crippen molar-refractivity contribution in [2.24, 2.45) is 0 Å². The van der Waals surface area contributed by atoms with Crippen LogP contribution < -0.4 is 0 Å². The molecule has 51 heavy (non-hydrogen) atoms. The van der Waals surface area contributed by atoms with E-state index in [-0.39, 0.29) is 5.82 Å². The van der Waals surface area contributed by atoms with E-state index in [1.54, 1.807) is 12.1 Å². The minimum Gasteiger partial charge on any atom is -0.309 e. The van der Waals surface area contributed by atoms with E-state index < -0.39 is 0 Å². The fourth-order valence-electron chi connectivity index (χ4n) is 7.59. The van der Waals surface area contributed by atoms with Crippen molar-refractivity contribution in [3.8, 4) is 45.0 Å². The van der Waals surface area contributed by atoms with Gasteiger partial charge in [0.2, 0.25) is 0 Å². The number of nitrogens with zero attached hydrogens (tertiary/aromatic N) is 3. The zero-order valence-corrected chi connectivity index (χ0v) is 27.5. The van der Waals surface area contributed by atoms with E-state index in [4.69, 9.17) is 4.98 Å². The summed E-state index contributed by atoms with van der Waals surface area (Å²) in [6, 6.07) is 62.6. The molecule has 0 saturated heterocycles. The molecule has 7 aromatic carbocycles. The number of halogens is 1. The lowest BCUT2D eigenvalue weighted by molar-refractivity contribution is 0.628. The van der Waals surface area contributed by atoms with Crippen molar-refractivity contribution in [1.82, 2.24) is 14.1 Å². The first-order chi connectivity index (χ1) is 25.2. The molecule has 3 heterocycles. The summed E-state index contributed by atoms with van der Waals surface area (Å²) in [4.78, 5) is 5.03. The summed E-state index contributed by atoms with van der Waals surface area (Å²) in [6.45, 7) is 0. The van der Waals surface area contributed by atoms with Gasteiger partial charge in [0.15, 0.2) is 0 Å². The maximum absolute atomic E-state index is 13.6. The summed E-state index contributed by atoms with van der Waals surface area (Å²) < 4.78 is 18.2. The zero-order valence-electron chi connectivity index (χ0n) is 27.5. The predicted molar refractivity (Wildman–Crippen MR) is 209 cm³/mol. The van der Waals surface area contributed by atoms with Crippen molar-refractivity contribution in [3.63, 3.8) is 0 Å². The Morgan fingerprint density at radius 3 is 1.47 bits per heavy atom. The Labute approximate surface area is 294 Å². The molecule has 3 aromatic heterocycles. The van der Waals surface area contributed by atoms with Gasteiger partial charge in [-0.3, -0.25) is 4.57 Å². The highest BCUT2D eigenvalue weighted by molar-refractivity contribution is 6.11. The van der Waals surface area contributed by atoms with E-state index in [1.165, 1.54) is 55.8 Å². The van der Waals surface area contributed by atoms with Gasteiger partial charge in [-0.1, -0.05) is 97.1 Å². The van der Waals surface area contributed by atoms with Crippen molar-refractivity contribution in [3.05, 3.63) is 188 Å². The second kappa shape index (κ2) is 11.7. The van der Waals surface area contributed by atoms with Crippen molar-refractivity contribution < 1.29 is 4.39 Å². The second-order valence-corrected chi connectivity index (χ2v) is 13.0. The molecule has 4 heteroatoms. The highest BCUT2D eigenvalue weighted by Gasteiger charge is 2.16. The normalized spacial score (nSPS) is 11.6. The smallest absolute Gasteiger partial charge is 0.138 e. The van der Waals surface area contributed by atoms with Gasteiger partial charge < -0.3 is 4.57 Å². The van der Waals surface area contributed by atoms with Crippen LogP contribution in [-0.4, -0.2) is 14.1 Å². The van der Waals surface area contributed by atoms with Crippen LogP contribution in [0.2, 0.25) is 0 Å². The van der Waals surface area contributed by atoms with Gasteiger partial charge >= 0.3 is 0 Å².